The van der Waals surface area contributed by atoms with Crippen molar-refractivity contribution in [2.24, 2.45) is 0 Å². The van der Waals surface area contributed by atoms with Crippen molar-refractivity contribution in [3.8, 4) is 23.3 Å². The third-order valence-corrected chi connectivity index (χ3v) is 2.29. The second kappa shape index (κ2) is 6.79. The van der Waals surface area contributed by atoms with Crippen molar-refractivity contribution in [2.45, 2.75) is 26.2 Å². The van der Waals surface area contributed by atoms with Gasteiger partial charge in [0.1, 0.15) is 11.5 Å². The van der Waals surface area contributed by atoms with E-state index in [1.54, 1.807) is 14.2 Å². The summed E-state index contributed by atoms with van der Waals surface area (Å²) < 4.78 is 10.4. The van der Waals surface area contributed by atoms with E-state index in [1.807, 2.05) is 18.2 Å². The Balaban J connectivity index is 2.85. The van der Waals surface area contributed by atoms with E-state index in [0.29, 0.717) is 0 Å². The Morgan fingerprint density at radius 2 is 2.00 bits per heavy atom. The molecule has 0 fully saturated rings. The average molecular weight is 218 g/mol. The standard InChI is InChI=1S/C14H18O2/c1-4-5-6-7-8-12-11-13(15-2)9-10-14(12)16-3/h9-11H,4-6H2,1-3H3. The highest BCUT2D eigenvalue weighted by Crippen LogP contribution is 2.22. The zero-order valence-electron chi connectivity index (χ0n) is 10.2. The predicted molar refractivity (Wildman–Crippen MR) is 65.9 cm³/mol. The molecule has 0 unspecified atom stereocenters. The number of hydrogen-bond donors (Lipinski definition) is 0. The average Bonchev–Trinajstić information content (AvgIpc) is 2.34. The van der Waals surface area contributed by atoms with Crippen LogP contribution in [0.3, 0.4) is 0 Å². The molecule has 0 heterocycles. The molecule has 0 radical (unpaired) electrons. The van der Waals surface area contributed by atoms with E-state index in [0.717, 1.165) is 29.9 Å². The first-order valence-electron chi connectivity index (χ1n) is 5.52. The Morgan fingerprint density at radius 3 is 2.62 bits per heavy atom. The van der Waals surface area contributed by atoms with Gasteiger partial charge in [0, 0.05) is 6.42 Å². The summed E-state index contributed by atoms with van der Waals surface area (Å²) in [7, 11) is 3.30. The summed E-state index contributed by atoms with van der Waals surface area (Å²) in [6, 6.07) is 5.65. The van der Waals surface area contributed by atoms with Crippen molar-refractivity contribution >= 4 is 0 Å². The first-order chi connectivity index (χ1) is 7.81. The summed E-state index contributed by atoms with van der Waals surface area (Å²) in [6.45, 7) is 2.16. The number of hydrogen-bond acceptors (Lipinski definition) is 2. The van der Waals surface area contributed by atoms with Gasteiger partial charge in [0.25, 0.3) is 0 Å². The molecule has 0 saturated heterocycles. The number of benzene rings is 1. The molecule has 0 bridgehead atoms. The normalized spacial score (nSPS) is 9.19. The first-order valence-corrected chi connectivity index (χ1v) is 5.52. The van der Waals surface area contributed by atoms with Crippen molar-refractivity contribution in [1.82, 2.24) is 0 Å². The first kappa shape index (κ1) is 12.4. The van der Waals surface area contributed by atoms with Gasteiger partial charge in [-0.3, -0.25) is 0 Å². The second-order valence-corrected chi connectivity index (χ2v) is 3.47. The minimum Gasteiger partial charge on any atom is -0.497 e. The van der Waals surface area contributed by atoms with Gasteiger partial charge >= 0.3 is 0 Å². The molecular weight excluding hydrogens is 200 g/mol. The lowest BCUT2D eigenvalue weighted by molar-refractivity contribution is 0.402. The van der Waals surface area contributed by atoms with Crippen LogP contribution in [0.2, 0.25) is 0 Å². The molecule has 2 nitrogen and oxygen atoms in total. The lowest BCUT2D eigenvalue weighted by Crippen LogP contribution is -1.90. The number of ether oxygens (including phenoxy) is 2. The van der Waals surface area contributed by atoms with Gasteiger partial charge in [0.2, 0.25) is 0 Å². The Bertz CT molecular complexity index is 385. The van der Waals surface area contributed by atoms with Crippen molar-refractivity contribution in [2.75, 3.05) is 14.2 Å². The number of unbranched alkanes of at least 4 members (excludes halogenated alkanes) is 2. The summed E-state index contributed by atoms with van der Waals surface area (Å²) in [5.41, 5.74) is 0.887. The Kier molecular flexibility index (Phi) is 5.28. The quantitative estimate of drug-likeness (QED) is 0.570. The molecule has 2 heteroatoms. The minimum absolute atomic E-state index is 0.796. The Morgan fingerprint density at radius 1 is 1.19 bits per heavy atom. The van der Waals surface area contributed by atoms with E-state index in [2.05, 4.69) is 18.8 Å². The SMILES string of the molecule is CCCCC#Cc1cc(OC)ccc1OC. The summed E-state index contributed by atoms with van der Waals surface area (Å²) in [5, 5.41) is 0. The van der Waals surface area contributed by atoms with Crippen LogP contribution < -0.4 is 9.47 Å². The summed E-state index contributed by atoms with van der Waals surface area (Å²) in [6.07, 6.45) is 3.24. The van der Waals surface area contributed by atoms with Crippen LogP contribution in [0.1, 0.15) is 31.7 Å². The fourth-order valence-corrected chi connectivity index (χ4v) is 1.33. The minimum atomic E-state index is 0.796. The van der Waals surface area contributed by atoms with Crippen molar-refractivity contribution in [3.63, 3.8) is 0 Å². The van der Waals surface area contributed by atoms with Crippen LogP contribution in [-0.2, 0) is 0 Å². The fraction of sp³-hybridized carbons (Fsp3) is 0.429. The summed E-state index contributed by atoms with van der Waals surface area (Å²) in [4.78, 5) is 0. The number of rotatable bonds is 4. The van der Waals surface area contributed by atoms with E-state index in [1.165, 1.54) is 6.42 Å². The Hall–Kier alpha value is -1.62. The van der Waals surface area contributed by atoms with E-state index in [-0.39, 0.29) is 0 Å². The van der Waals surface area contributed by atoms with Crippen LogP contribution in [0, 0.1) is 11.8 Å². The highest BCUT2D eigenvalue weighted by molar-refractivity contribution is 5.50. The molecule has 16 heavy (non-hydrogen) atoms. The van der Waals surface area contributed by atoms with Crippen LogP contribution in [0.5, 0.6) is 11.5 Å². The molecule has 0 aromatic heterocycles. The van der Waals surface area contributed by atoms with Crippen molar-refractivity contribution in [3.05, 3.63) is 23.8 Å². The van der Waals surface area contributed by atoms with Crippen LogP contribution in [-0.4, -0.2) is 14.2 Å². The molecular formula is C14H18O2. The maximum absolute atomic E-state index is 5.24. The molecule has 1 aromatic rings. The third-order valence-electron chi connectivity index (χ3n) is 2.29. The molecule has 0 saturated carbocycles. The van der Waals surface area contributed by atoms with Crippen LogP contribution in [0.15, 0.2) is 18.2 Å². The zero-order chi connectivity index (χ0) is 11.8. The highest BCUT2D eigenvalue weighted by Gasteiger charge is 2.01. The van der Waals surface area contributed by atoms with Gasteiger partial charge in [-0.25, -0.2) is 0 Å². The van der Waals surface area contributed by atoms with Crippen molar-refractivity contribution < 1.29 is 9.47 Å². The zero-order valence-corrected chi connectivity index (χ0v) is 10.2. The van der Waals surface area contributed by atoms with E-state index in [9.17, 15) is 0 Å². The van der Waals surface area contributed by atoms with E-state index >= 15 is 0 Å². The maximum Gasteiger partial charge on any atom is 0.134 e. The molecule has 0 aliphatic carbocycles. The highest BCUT2D eigenvalue weighted by atomic mass is 16.5. The van der Waals surface area contributed by atoms with Crippen molar-refractivity contribution in [1.29, 1.82) is 0 Å². The molecule has 1 rings (SSSR count). The van der Waals surface area contributed by atoms with E-state index in [4.69, 9.17) is 9.47 Å². The van der Waals surface area contributed by atoms with Gasteiger partial charge in [0.05, 0.1) is 19.8 Å². The molecule has 0 atom stereocenters. The molecule has 86 valence electrons. The molecule has 0 N–H and O–H groups in total. The van der Waals surface area contributed by atoms with Gasteiger partial charge in [0.15, 0.2) is 0 Å². The second-order valence-electron chi connectivity index (χ2n) is 3.47. The fourth-order valence-electron chi connectivity index (χ4n) is 1.33. The molecule has 0 aliphatic rings. The molecule has 0 aliphatic heterocycles. The van der Waals surface area contributed by atoms with Crippen LogP contribution in [0.4, 0.5) is 0 Å². The topological polar surface area (TPSA) is 18.5 Å². The smallest absolute Gasteiger partial charge is 0.134 e. The van der Waals surface area contributed by atoms with Gasteiger partial charge in [-0.15, -0.1) is 0 Å². The van der Waals surface area contributed by atoms with Gasteiger partial charge in [-0.05, 0) is 24.6 Å². The van der Waals surface area contributed by atoms with E-state index < -0.39 is 0 Å². The largest absolute Gasteiger partial charge is 0.497 e. The predicted octanol–water partition coefficient (Wildman–Crippen LogP) is 3.25. The number of methoxy groups -OCH3 is 2. The van der Waals surface area contributed by atoms with Gasteiger partial charge in [-0.2, -0.15) is 0 Å². The Labute approximate surface area is 97.6 Å². The maximum atomic E-state index is 5.24. The molecule has 1 aromatic carbocycles. The monoisotopic (exact) mass is 218 g/mol. The van der Waals surface area contributed by atoms with Gasteiger partial charge in [-0.1, -0.05) is 25.2 Å². The summed E-state index contributed by atoms with van der Waals surface area (Å²) >= 11 is 0. The third kappa shape index (κ3) is 3.51. The van der Waals surface area contributed by atoms with Crippen LogP contribution in [0.25, 0.3) is 0 Å². The lowest BCUT2D eigenvalue weighted by atomic mass is 10.1. The summed E-state index contributed by atoms with van der Waals surface area (Å²) in [5.74, 6) is 7.86. The van der Waals surface area contributed by atoms with Gasteiger partial charge < -0.3 is 9.47 Å². The lowest BCUT2D eigenvalue weighted by Gasteiger charge is -2.05. The molecule has 0 amide bonds. The van der Waals surface area contributed by atoms with Crippen LogP contribution >= 0.6 is 0 Å². The molecule has 0 spiro atoms.